The average molecular weight is 438 g/mol. The number of amides is 2. The Morgan fingerprint density at radius 3 is 2.03 bits per heavy atom. The van der Waals surface area contributed by atoms with Gasteiger partial charge in [0.1, 0.15) is 0 Å². The topological polar surface area (TPSA) is 104 Å². The van der Waals surface area contributed by atoms with Gasteiger partial charge >= 0.3 is 0 Å². The number of benzene rings is 3. The lowest BCUT2D eigenvalue weighted by atomic mass is 10.1. The molecule has 0 aliphatic heterocycles. The maximum Gasteiger partial charge on any atom is 0.269 e. The van der Waals surface area contributed by atoms with E-state index in [1.165, 1.54) is 24.3 Å². The van der Waals surface area contributed by atoms with Crippen LogP contribution < -0.4 is 15.6 Å². The van der Waals surface area contributed by atoms with Gasteiger partial charge in [-0.15, -0.1) is 0 Å². The Balaban J connectivity index is 1.67. The largest absolute Gasteiger partial charge is 0.280 e. The summed E-state index contributed by atoms with van der Waals surface area (Å²) in [7, 11) is -3.88. The van der Waals surface area contributed by atoms with Crippen molar-refractivity contribution in [1.82, 2.24) is 10.9 Å². The van der Waals surface area contributed by atoms with Crippen LogP contribution in [-0.2, 0) is 16.4 Å². The van der Waals surface area contributed by atoms with Crippen molar-refractivity contribution in [2.24, 2.45) is 0 Å². The fraction of sp³-hybridized carbons (Fsp3) is 0.130. The van der Waals surface area contributed by atoms with Gasteiger partial charge in [-0.2, -0.15) is 0 Å². The maximum atomic E-state index is 12.7. The van der Waals surface area contributed by atoms with Crippen LogP contribution in [0.1, 0.15) is 38.8 Å². The molecule has 7 nitrogen and oxygen atoms in total. The minimum absolute atomic E-state index is 0.0674. The standard InChI is InChI=1S/C23H23N3O4S/c1-3-17-9-11-18(12-10-17)22(27)24-25-23(28)19-5-4-6-21(15-19)31(29,30)26-20-13-7-16(2)8-14-20/h4-15,26H,3H2,1-2H3,(H,24,27)(H,25,28). The lowest BCUT2D eigenvalue weighted by Gasteiger charge is -2.11. The minimum Gasteiger partial charge on any atom is -0.280 e. The van der Waals surface area contributed by atoms with E-state index >= 15 is 0 Å². The number of aryl methyl sites for hydroxylation is 2. The molecule has 0 bridgehead atoms. The number of hydrogen-bond acceptors (Lipinski definition) is 4. The van der Waals surface area contributed by atoms with E-state index in [2.05, 4.69) is 15.6 Å². The number of rotatable bonds is 6. The van der Waals surface area contributed by atoms with Crippen LogP contribution in [0.2, 0.25) is 0 Å². The first-order chi connectivity index (χ1) is 14.8. The Hall–Kier alpha value is -3.65. The predicted molar refractivity (Wildman–Crippen MR) is 119 cm³/mol. The van der Waals surface area contributed by atoms with Crippen LogP contribution in [-0.4, -0.2) is 20.2 Å². The molecule has 0 fully saturated rings. The number of carbonyl (C=O) groups is 2. The summed E-state index contributed by atoms with van der Waals surface area (Å²) in [6.45, 7) is 3.92. The summed E-state index contributed by atoms with van der Waals surface area (Å²) in [6.07, 6.45) is 0.858. The fourth-order valence-corrected chi connectivity index (χ4v) is 3.89. The molecule has 0 aliphatic rings. The van der Waals surface area contributed by atoms with Gasteiger partial charge in [-0.05, 0) is 61.4 Å². The summed E-state index contributed by atoms with van der Waals surface area (Å²) in [4.78, 5) is 24.5. The number of nitrogens with one attached hydrogen (secondary N) is 3. The molecule has 3 aromatic carbocycles. The second-order valence-electron chi connectivity index (χ2n) is 6.96. The highest BCUT2D eigenvalue weighted by Gasteiger charge is 2.17. The summed E-state index contributed by atoms with van der Waals surface area (Å²) >= 11 is 0. The molecule has 0 aromatic heterocycles. The van der Waals surface area contributed by atoms with E-state index in [9.17, 15) is 18.0 Å². The Morgan fingerprint density at radius 1 is 0.806 bits per heavy atom. The van der Waals surface area contributed by atoms with Gasteiger partial charge < -0.3 is 0 Å². The first-order valence-electron chi connectivity index (χ1n) is 9.67. The molecule has 31 heavy (non-hydrogen) atoms. The molecule has 3 aromatic rings. The van der Waals surface area contributed by atoms with E-state index in [1.54, 1.807) is 36.4 Å². The van der Waals surface area contributed by atoms with Crippen molar-refractivity contribution in [2.75, 3.05) is 4.72 Å². The summed E-state index contributed by atoms with van der Waals surface area (Å²) in [5.74, 6) is -1.10. The van der Waals surface area contributed by atoms with Crippen LogP contribution in [0, 0.1) is 6.92 Å². The highest BCUT2D eigenvalue weighted by Crippen LogP contribution is 2.17. The van der Waals surface area contributed by atoms with E-state index in [0.717, 1.165) is 17.5 Å². The molecule has 0 saturated carbocycles. The molecule has 0 aliphatic carbocycles. The highest BCUT2D eigenvalue weighted by atomic mass is 32.2. The van der Waals surface area contributed by atoms with Crippen LogP contribution in [0.25, 0.3) is 0 Å². The van der Waals surface area contributed by atoms with Crippen LogP contribution in [0.15, 0.2) is 77.7 Å². The third-order valence-electron chi connectivity index (χ3n) is 4.62. The summed E-state index contributed by atoms with van der Waals surface area (Å²) in [5.41, 5.74) is 7.65. The smallest absolute Gasteiger partial charge is 0.269 e. The maximum absolute atomic E-state index is 12.7. The third kappa shape index (κ3) is 5.70. The molecule has 3 N–H and O–H groups in total. The van der Waals surface area contributed by atoms with Crippen LogP contribution in [0.5, 0.6) is 0 Å². The Morgan fingerprint density at radius 2 is 1.42 bits per heavy atom. The van der Waals surface area contributed by atoms with E-state index in [1.807, 2.05) is 26.0 Å². The number of sulfonamides is 1. The second-order valence-corrected chi connectivity index (χ2v) is 8.64. The second kappa shape index (κ2) is 9.44. The quantitative estimate of drug-likeness (QED) is 0.514. The lowest BCUT2D eigenvalue weighted by molar-refractivity contribution is 0.0846. The van der Waals surface area contributed by atoms with Crippen molar-refractivity contribution >= 4 is 27.5 Å². The van der Waals surface area contributed by atoms with Crippen molar-refractivity contribution in [3.05, 3.63) is 95.1 Å². The van der Waals surface area contributed by atoms with Crippen molar-refractivity contribution in [3.63, 3.8) is 0 Å². The van der Waals surface area contributed by atoms with Gasteiger partial charge in [-0.1, -0.05) is 42.8 Å². The normalized spacial score (nSPS) is 10.9. The lowest BCUT2D eigenvalue weighted by Crippen LogP contribution is -2.41. The van der Waals surface area contributed by atoms with Crippen molar-refractivity contribution in [2.45, 2.75) is 25.2 Å². The number of anilines is 1. The Kier molecular flexibility index (Phi) is 6.71. The summed E-state index contributed by atoms with van der Waals surface area (Å²) < 4.78 is 27.8. The molecule has 0 spiro atoms. The van der Waals surface area contributed by atoms with Crippen LogP contribution in [0.3, 0.4) is 0 Å². The SMILES string of the molecule is CCc1ccc(C(=O)NNC(=O)c2cccc(S(=O)(=O)Nc3ccc(C)cc3)c2)cc1. The zero-order valence-electron chi connectivity index (χ0n) is 17.2. The Bertz CT molecular complexity index is 1190. The molecular weight excluding hydrogens is 414 g/mol. The van der Waals surface area contributed by atoms with Gasteiger partial charge in [0.25, 0.3) is 21.8 Å². The number of hydrazine groups is 1. The van der Waals surface area contributed by atoms with Gasteiger partial charge in [0.15, 0.2) is 0 Å². The monoisotopic (exact) mass is 437 g/mol. The van der Waals surface area contributed by atoms with Gasteiger partial charge in [0, 0.05) is 16.8 Å². The first kappa shape index (κ1) is 22.0. The van der Waals surface area contributed by atoms with E-state index in [0.29, 0.717) is 11.3 Å². The molecule has 0 atom stereocenters. The minimum atomic E-state index is -3.88. The molecule has 160 valence electrons. The Labute approximate surface area is 181 Å². The molecule has 0 unspecified atom stereocenters. The highest BCUT2D eigenvalue weighted by molar-refractivity contribution is 7.92. The van der Waals surface area contributed by atoms with Gasteiger partial charge in [-0.3, -0.25) is 25.2 Å². The summed E-state index contributed by atoms with van der Waals surface area (Å²) in [5, 5.41) is 0. The van der Waals surface area contributed by atoms with Gasteiger partial charge in [0.05, 0.1) is 4.90 Å². The summed E-state index contributed by atoms with van der Waals surface area (Å²) in [6, 6.07) is 19.5. The zero-order valence-corrected chi connectivity index (χ0v) is 18.0. The number of hydrogen-bond donors (Lipinski definition) is 3. The van der Waals surface area contributed by atoms with Crippen LogP contribution in [0.4, 0.5) is 5.69 Å². The van der Waals surface area contributed by atoms with Crippen molar-refractivity contribution in [3.8, 4) is 0 Å². The molecule has 3 rings (SSSR count). The van der Waals surface area contributed by atoms with E-state index < -0.39 is 21.8 Å². The predicted octanol–water partition coefficient (Wildman–Crippen LogP) is 3.43. The van der Waals surface area contributed by atoms with Gasteiger partial charge in [-0.25, -0.2) is 8.42 Å². The molecule has 0 saturated heterocycles. The molecular formula is C23H23N3O4S. The van der Waals surface area contributed by atoms with Crippen molar-refractivity contribution < 1.29 is 18.0 Å². The fourth-order valence-electron chi connectivity index (χ4n) is 2.79. The van der Waals surface area contributed by atoms with E-state index in [-0.39, 0.29) is 10.5 Å². The molecule has 0 heterocycles. The van der Waals surface area contributed by atoms with Crippen LogP contribution >= 0.6 is 0 Å². The number of carbonyl (C=O) groups excluding carboxylic acids is 2. The first-order valence-corrected chi connectivity index (χ1v) is 11.2. The third-order valence-corrected chi connectivity index (χ3v) is 6.00. The molecule has 0 radical (unpaired) electrons. The van der Waals surface area contributed by atoms with Gasteiger partial charge in [0.2, 0.25) is 0 Å². The van der Waals surface area contributed by atoms with Crippen molar-refractivity contribution in [1.29, 1.82) is 0 Å². The zero-order chi connectivity index (χ0) is 22.4. The molecule has 8 heteroatoms. The average Bonchev–Trinajstić information content (AvgIpc) is 2.78. The van der Waals surface area contributed by atoms with E-state index in [4.69, 9.17) is 0 Å². The molecule has 2 amide bonds.